The standard InChI is InChI=1S/C21H31NO5/c1-6-7-12-27-18-10-8-16(14-19(18)25-4)9-11-20(23)22-17(13-15(2)3)21(24)26-5/h8-11,14-15,17H,6-7,12-13H2,1-5H3,(H,22,23)/t17-/m0/s1. The van der Waals surface area contributed by atoms with Gasteiger partial charge in [-0.05, 0) is 42.5 Å². The number of rotatable bonds is 11. The number of hydrogen-bond acceptors (Lipinski definition) is 5. The highest BCUT2D eigenvalue weighted by atomic mass is 16.5. The molecule has 0 aliphatic heterocycles. The second-order valence-electron chi connectivity index (χ2n) is 6.66. The molecule has 0 aliphatic carbocycles. The van der Waals surface area contributed by atoms with Crippen LogP contribution in [-0.4, -0.2) is 38.7 Å². The van der Waals surface area contributed by atoms with Gasteiger partial charge in [-0.2, -0.15) is 0 Å². The minimum Gasteiger partial charge on any atom is -0.493 e. The summed E-state index contributed by atoms with van der Waals surface area (Å²) in [6.07, 6.45) is 5.61. The normalized spacial score (nSPS) is 12.1. The molecule has 0 heterocycles. The van der Waals surface area contributed by atoms with E-state index in [2.05, 4.69) is 12.2 Å². The number of benzene rings is 1. The lowest BCUT2D eigenvalue weighted by molar-refractivity contribution is -0.145. The molecule has 1 atom stereocenters. The Bertz CT molecular complexity index is 639. The number of hydrogen-bond donors (Lipinski definition) is 1. The molecular formula is C21H31NO5. The van der Waals surface area contributed by atoms with Crippen LogP contribution in [0.1, 0.15) is 45.6 Å². The maximum atomic E-state index is 12.2. The summed E-state index contributed by atoms with van der Waals surface area (Å²) in [6, 6.07) is 4.81. The third-order valence-corrected chi connectivity index (χ3v) is 3.88. The number of esters is 1. The van der Waals surface area contributed by atoms with Gasteiger partial charge in [0, 0.05) is 6.08 Å². The fourth-order valence-electron chi connectivity index (χ4n) is 2.45. The van der Waals surface area contributed by atoms with Crippen molar-refractivity contribution in [1.29, 1.82) is 0 Å². The monoisotopic (exact) mass is 377 g/mol. The zero-order valence-corrected chi connectivity index (χ0v) is 16.9. The molecule has 1 aromatic rings. The van der Waals surface area contributed by atoms with Crippen LogP contribution in [0, 0.1) is 5.92 Å². The Balaban J connectivity index is 2.76. The minimum absolute atomic E-state index is 0.253. The van der Waals surface area contributed by atoms with Crippen molar-refractivity contribution in [2.24, 2.45) is 5.92 Å². The Kier molecular flexibility index (Phi) is 10.0. The third kappa shape index (κ3) is 8.15. The van der Waals surface area contributed by atoms with Crippen LogP contribution in [0.4, 0.5) is 0 Å². The summed E-state index contributed by atoms with van der Waals surface area (Å²) in [6.45, 7) is 6.70. The van der Waals surface area contributed by atoms with Gasteiger partial charge in [-0.15, -0.1) is 0 Å². The first-order valence-electron chi connectivity index (χ1n) is 9.28. The molecule has 0 unspecified atom stereocenters. The van der Waals surface area contributed by atoms with Gasteiger partial charge in [-0.1, -0.05) is 33.3 Å². The first-order valence-corrected chi connectivity index (χ1v) is 9.28. The Labute approximate surface area is 161 Å². The fourth-order valence-corrected chi connectivity index (χ4v) is 2.45. The van der Waals surface area contributed by atoms with Crippen molar-refractivity contribution < 1.29 is 23.8 Å². The minimum atomic E-state index is -0.656. The number of unbranched alkanes of at least 4 members (excludes halogenated alkanes) is 1. The van der Waals surface area contributed by atoms with E-state index in [1.807, 2.05) is 26.0 Å². The highest BCUT2D eigenvalue weighted by molar-refractivity contribution is 5.94. The van der Waals surface area contributed by atoms with E-state index in [0.29, 0.717) is 24.5 Å². The Morgan fingerprint density at radius 1 is 1.19 bits per heavy atom. The number of carbonyl (C=O) groups excluding carboxylic acids is 2. The van der Waals surface area contributed by atoms with Gasteiger partial charge in [0.1, 0.15) is 6.04 Å². The van der Waals surface area contributed by atoms with Crippen LogP contribution in [0.3, 0.4) is 0 Å². The van der Waals surface area contributed by atoms with E-state index >= 15 is 0 Å². The molecule has 0 aromatic heterocycles. The van der Waals surface area contributed by atoms with Gasteiger partial charge in [0.25, 0.3) is 0 Å². The molecule has 0 saturated carbocycles. The van der Waals surface area contributed by atoms with Crippen LogP contribution >= 0.6 is 0 Å². The SMILES string of the molecule is CCCCOc1ccc(C=CC(=O)N[C@@H](CC(C)C)C(=O)OC)cc1OC. The van der Waals surface area contributed by atoms with Crippen molar-refractivity contribution in [3.05, 3.63) is 29.8 Å². The maximum Gasteiger partial charge on any atom is 0.328 e. The summed E-state index contributed by atoms with van der Waals surface area (Å²) in [7, 11) is 2.89. The van der Waals surface area contributed by atoms with Crippen LogP contribution in [0.5, 0.6) is 11.5 Å². The molecule has 27 heavy (non-hydrogen) atoms. The molecule has 0 aliphatic rings. The second-order valence-corrected chi connectivity index (χ2v) is 6.66. The molecule has 150 valence electrons. The number of methoxy groups -OCH3 is 2. The zero-order valence-electron chi connectivity index (χ0n) is 16.9. The lowest BCUT2D eigenvalue weighted by atomic mass is 10.0. The van der Waals surface area contributed by atoms with Crippen molar-refractivity contribution in [3.63, 3.8) is 0 Å². The number of ether oxygens (including phenoxy) is 3. The van der Waals surface area contributed by atoms with Crippen LogP contribution in [-0.2, 0) is 14.3 Å². The molecule has 0 fully saturated rings. The van der Waals surface area contributed by atoms with E-state index < -0.39 is 12.0 Å². The van der Waals surface area contributed by atoms with Gasteiger partial charge >= 0.3 is 5.97 Å². The molecule has 0 radical (unpaired) electrons. The van der Waals surface area contributed by atoms with Crippen molar-refractivity contribution in [2.75, 3.05) is 20.8 Å². The van der Waals surface area contributed by atoms with Gasteiger partial charge in [0.15, 0.2) is 11.5 Å². The molecule has 1 N–H and O–H groups in total. The van der Waals surface area contributed by atoms with Gasteiger partial charge in [-0.25, -0.2) is 4.79 Å². The Morgan fingerprint density at radius 3 is 2.52 bits per heavy atom. The van der Waals surface area contributed by atoms with Crippen molar-refractivity contribution in [2.45, 2.75) is 46.1 Å². The zero-order chi connectivity index (χ0) is 20.2. The third-order valence-electron chi connectivity index (χ3n) is 3.88. The molecule has 0 bridgehead atoms. The quantitative estimate of drug-likeness (QED) is 0.362. The molecule has 0 saturated heterocycles. The van der Waals surface area contributed by atoms with E-state index in [0.717, 1.165) is 18.4 Å². The summed E-state index contributed by atoms with van der Waals surface area (Å²) in [5.74, 6) is 0.744. The topological polar surface area (TPSA) is 73.9 Å². The van der Waals surface area contributed by atoms with Gasteiger partial charge in [0.2, 0.25) is 5.91 Å². The molecular weight excluding hydrogens is 346 g/mol. The summed E-state index contributed by atoms with van der Waals surface area (Å²) in [4.78, 5) is 24.0. The maximum absolute atomic E-state index is 12.2. The van der Waals surface area contributed by atoms with Crippen molar-refractivity contribution >= 4 is 18.0 Å². The van der Waals surface area contributed by atoms with Crippen LogP contribution in [0.25, 0.3) is 6.08 Å². The number of amides is 1. The van der Waals surface area contributed by atoms with E-state index in [1.165, 1.54) is 13.2 Å². The Morgan fingerprint density at radius 2 is 1.93 bits per heavy atom. The average molecular weight is 377 g/mol. The van der Waals surface area contributed by atoms with Gasteiger partial charge < -0.3 is 19.5 Å². The molecule has 6 heteroatoms. The molecule has 6 nitrogen and oxygen atoms in total. The fraction of sp³-hybridized carbons (Fsp3) is 0.524. The lowest BCUT2D eigenvalue weighted by Crippen LogP contribution is -2.41. The smallest absolute Gasteiger partial charge is 0.328 e. The van der Waals surface area contributed by atoms with Gasteiger partial charge in [0.05, 0.1) is 20.8 Å². The van der Waals surface area contributed by atoms with Crippen molar-refractivity contribution in [3.8, 4) is 11.5 Å². The van der Waals surface area contributed by atoms with E-state index in [9.17, 15) is 9.59 Å². The van der Waals surface area contributed by atoms with E-state index in [1.54, 1.807) is 19.3 Å². The number of carbonyl (C=O) groups is 2. The van der Waals surface area contributed by atoms with Crippen molar-refractivity contribution in [1.82, 2.24) is 5.32 Å². The highest BCUT2D eigenvalue weighted by Gasteiger charge is 2.21. The first kappa shape index (κ1) is 22.5. The van der Waals surface area contributed by atoms with Crippen LogP contribution < -0.4 is 14.8 Å². The summed E-state index contributed by atoms with van der Waals surface area (Å²) in [5, 5.41) is 2.69. The largest absolute Gasteiger partial charge is 0.493 e. The predicted molar refractivity (Wildman–Crippen MR) is 106 cm³/mol. The Hall–Kier alpha value is -2.50. The molecule has 1 aromatic carbocycles. The summed E-state index contributed by atoms with van der Waals surface area (Å²) in [5.41, 5.74) is 0.795. The lowest BCUT2D eigenvalue weighted by Gasteiger charge is -2.17. The van der Waals surface area contributed by atoms with E-state index in [4.69, 9.17) is 14.2 Å². The molecule has 0 spiro atoms. The highest BCUT2D eigenvalue weighted by Crippen LogP contribution is 2.28. The van der Waals surface area contributed by atoms with Crippen LogP contribution in [0.2, 0.25) is 0 Å². The van der Waals surface area contributed by atoms with Gasteiger partial charge in [-0.3, -0.25) is 4.79 Å². The van der Waals surface area contributed by atoms with Crippen LogP contribution in [0.15, 0.2) is 24.3 Å². The second kappa shape index (κ2) is 12.0. The summed E-state index contributed by atoms with van der Waals surface area (Å²) < 4.78 is 15.8. The molecule has 1 rings (SSSR count). The van der Waals surface area contributed by atoms with E-state index in [-0.39, 0.29) is 11.8 Å². The number of nitrogens with one attached hydrogen (secondary N) is 1. The molecule has 1 amide bonds. The first-order chi connectivity index (χ1) is 12.9. The average Bonchev–Trinajstić information content (AvgIpc) is 2.65. The predicted octanol–water partition coefficient (Wildman–Crippen LogP) is 3.59. The summed E-state index contributed by atoms with van der Waals surface area (Å²) >= 11 is 0.